The molecule has 1 N–H and O–H groups in total. The topological polar surface area (TPSA) is 48.5 Å². The van der Waals surface area contributed by atoms with Crippen molar-refractivity contribution in [3.05, 3.63) is 52.8 Å². The smallest absolute Gasteiger partial charge is 0.373 e. The highest BCUT2D eigenvalue weighted by Crippen LogP contribution is 2.35. The van der Waals surface area contributed by atoms with Crippen LogP contribution >= 0.6 is 11.6 Å². The highest BCUT2D eigenvalue weighted by Gasteiger charge is 2.31. The predicted molar refractivity (Wildman–Crippen MR) is 105 cm³/mol. The predicted octanol–water partition coefficient (Wildman–Crippen LogP) is 4.39. The van der Waals surface area contributed by atoms with Gasteiger partial charge in [-0.05, 0) is 57.4 Å². The van der Waals surface area contributed by atoms with Crippen molar-refractivity contribution in [2.45, 2.75) is 12.6 Å². The van der Waals surface area contributed by atoms with Gasteiger partial charge in [-0.2, -0.15) is 13.2 Å². The number of rotatable bonds is 7. The van der Waals surface area contributed by atoms with Gasteiger partial charge in [0.1, 0.15) is 5.69 Å². The Morgan fingerprint density at radius 3 is 2.46 bits per heavy atom. The van der Waals surface area contributed by atoms with Gasteiger partial charge in [0.15, 0.2) is 0 Å². The summed E-state index contributed by atoms with van der Waals surface area (Å²) in [6, 6.07) is 6.16. The molecule has 152 valence electrons. The molecule has 0 unspecified atom stereocenters. The monoisotopic (exact) mass is 414 g/mol. The fraction of sp³-hybridized carbons (Fsp3) is 0.368. The van der Waals surface area contributed by atoms with Crippen LogP contribution in [0.5, 0.6) is 0 Å². The quantitative estimate of drug-likeness (QED) is 0.729. The molecule has 0 spiro atoms. The molecular formula is C19H22ClF3N4O. The average molecular weight is 415 g/mol. The average Bonchev–Trinajstić information content (AvgIpc) is 2.60. The van der Waals surface area contributed by atoms with Crippen LogP contribution in [0.25, 0.3) is 0 Å². The number of pyridine rings is 1. The van der Waals surface area contributed by atoms with E-state index in [-0.39, 0.29) is 11.4 Å². The Morgan fingerprint density at radius 1 is 1.14 bits per heavy atom. The molecule has 2 aromatic rings. The van der Waals surface area contributed by atoms with E-state index in [0.29, 0.717) is 17.3 Å². The van der Waals surface area contributed by atoms with Gasteiger partial charge < -0.3 is 15.1 Å². The summed E-state index contributed by atoms with van der Waals surface area (Å²) in [6.07, 6.45) is -2.35. The molecule has 0 fully saturated rings. The number of nitrogens with one attached hydrogen (secondary N) is 1. The van der Waals surface area contributed by atoms with Crippen molar-refractivity contribution in [2.75, 3.05) is 44.4 Å². The lowest BCUT2D eigenvalue weighted by atomic mass is 10.1. The molecule has 2 rings (SSSR count). The summed E-state index contributed by atoms with van der Waals surface area (Å²) in [4.78, 5) is 20.2. The molecule has 1 amide bonds. The van der Waals surface area contributed by atoms with Crippen molar-refractivity contribution >= 4 is 28.9 Å². The molecule has 0 aliphatic heterocycles. The third-order valence-electron chi connectivity index (χ3n) is 4.04. The highest BCUT2D eigenvalue weighted by atomic mass is 35.5. The minimum absolute atomic E-state index is 0.0196. The van der Waals surface area contributed by atoms with E-state index in [2.05, 4.69) is 10.3 Å². The Morgan fingerprint density at radius 2 is 1.86 bits per heavy atom. The first-order valence-corrected chi connectivity index (χ1v) is 8.95. The van der Waals surface area contributed by atoms with Gasteiger partial charge in [-0.1, -0.05) is 11.6 Å². The van der Waals surface area contributed by atoms with Crippen molar-refractivity contribution < 1.29 is 18.0 Å². The van der Waals surface area contributed by atoms with E-state index >= 15 is 0 Å². The van der Waals surface area contributed by atoms with E-state index in [1.807, 2.05) is 23.9 Å². The molecule has 28 heavy (non-hydrogen) atoms. The number of benzene rings is 1. The van der Waals surface area contributed by atoms with Gasteiger partial charge in [0.2, 0.25) is 0 Å². The van der Waals surface area contributed by atoms with Crippen molar-refractivity contribution in [3.8, 4) is 0 Å². The van der Waals surface area contributed by atoms with Crippen LogP contribution in [-0.2, 0) is 6.18 Å². The van der Waals surface area contributed by atoms with E-state index in [1.165, 1.54) is 24.4 Å². The maximum Gasteiger partial charge on any atom is 0.416 e. The molecule has 9 heteroatoms. The maximum atomic E-state index is 13.1. The number of carbonyl (C=O) groups is 1. The second kappa shape index (κ2) is 9.25. The zero-order chi connectivity index (χ0) is 20.9. The molecule has 1 aromatic heterocycles. The van der Waals surface area contributed by atoms with Gasteiger partial charge in [-0.15, -0.1) is 0 Å². The van der Waals surface area contributed by atoms with Crippen LogP contribution in [0.15, 0.2) is 36.5 Å². The molecular weight excluding hydrogens is 393 g/mol. The SMILES string of the molecule is CN(C)CCCN(C)c1ccc(C(F)(F)F)cc1NC(=O)c1cc(Cl)ccn1. The number of amides is 1. The van der Waals surface area contributed by atoms with Gasteiger partial charge >= 0.3 is 6.18 Å². The second-order valence-electron chi connectivity index (χ2n) is 6.62. The fourth-order valence-electron chi connectivity index (χ4n) is 2.61. The number of hydrogen-bond donors (Lipinski definition) is 1. The van der Waals surface area contributed by atoms with E-state index in [9.17, 15) is 18.0 Å². The number of nitrogens with zero attached hydrogens (tertiary/aromatic N) is 3. The summed E-state index contributed by atoms with van der Waals surface area (Å²) in [6.45, 7) is 1.45. The second-order valence-corrected chi connectivity index (χ2v) is 7.06. The molecule has 0 atom stereocenters. The molecule has 0 saturated carbocycles. The Kier molecular flexibility index (Phi) is 7.26. The summed E-state index contributed by atoms with van der Waals surface area (Å²) >= 11 is 5.86. The Balaban J connectivity index is 2.30. The number of hydrogen-bond acceptors (Lipinski definition) is 4. The van der Waals surface area contributed by atoms with Crippen LogP contribution < -0.4 is 10.2 Å². The van der Waals surface area contributed by atoms with Crippen molar-refractivity contribution in [1.82, 2.24) is 9.88 Å². The van der Waals surface area contributed by atoms with Crippen LogP contribution in [0.2, 0.25) is 5.02 Å². The normalized spacial score (nSPS) is 11.6. The summed E-state index contributed by atoms with van der Waals surface area (Å²) in [5.41, 5.74) is -0.269. The largest absolute Gasteiger partial charge is 0.416 e. The molecule has 0 saturated heterocycles. The minimum Gasteiger partial charge on any atom is -0.373 e. The summed E-state index contributed by atoms with van der Waals surface area (Å²) in [5, 5.41) is 2.84. The first-order chi connectivity index (χ1) is 13.1. The van der Waals surface area contributed by atoms with Crippen LogP contribution in [0, 0.1) is 0 Å². The molecule has 0 aliphatic rings. The van der Waals surface area contributed by atoms with Gasteiger partial charge in [0, 0.05) is 24.8 Å². The third-order valence-corrected chi connectivity index (χ3v) is 4.27. The lowest BCUT2D eigenvalue weighted by molar-refractivity contribution is -0.137. The third kappa shape index (κ3) is 6.10. The van der Waals surface area contributed by atoms with Gasteiger partial charge in [0.05, 0.1) is 16.9 Å². The van der Waals surface area contributed by atoms with Gasteiger partial charge in [0.25, 0.3) is 5.91 Å². The number of carbonyl (C=O) groups excluding carboxylic acids is 1. The van der Waals surface area contributed by atoms with Gasteiger partial charge in [-0.25, -0.2) is 0 Å². The lowest BCUT2D eigenvalue weighted by Gasteiger charge is -2.24. The van der Waals surface area contributed by atoms with Crippen LogP contribution in [0.4, 0.5) is 24.5 Å². The number of halogens is 4. The number of aromatic nitrogens is 1. The van der Waals surface area contributed by atoms with Crippen LogP contribution in [0.1, 0.15) is 22.5 Å². The number of alkyl halides is 3. The Bertz CT molecular complexity index is 827. The first-order valence-electron chi connectivity index (χ1n) is 8.58. The van der Waals surface area contributed by atoms with Crippen molar-refractivity contribution in [3.63, 3.8) is 0 Å². The molecule has 0 bridgehead atoms. The Labute approximate surface area is 167 Å². The summed E-state index contributed by atoms with van der Waals surface area (Å²) < 4.78 is 39.4. The lowest BCUT2D eigenvalue weighted by Crippen LogP contribution is -2.25. The minimum atomic E-state index is -4.52. The van der Waals surface area contributed by atoms with Crippen LogP contribution in [0.3, 0.4) is 0 Å². The van der Waals surface area contributed by atoms with Crippen molar-refractivity contribution in [2.24, 2.45) is 0 Å². The summed E-state index contributed by atoms with van der Waals surface area (Å²) in [5.74, 6) is -0.634. The zero-order valence-electron chi connectivity index (χ0n) is 15.8. The molecule has 0 radical (unpaired) electrons. The van der Waals surface area contributed by atoms with E-state index in [4.69, 9.17) is 11.6 Å². The molecule has 5 nitrogen and oxygen atoms in total. The van der Waals surface area contributed by atoms with Crippen LogP contribution in [-0.4, -0.2) is 50.0 Å². The zero-order valence-corrected chi connectivity index (χ0v) is 16.6. The molecule has 1 heterocycles. The summed E-state index contributed by atoms with van der Waals surface area (Å²) in [7, 11) is 5.66. The fourth-order valence-corrected chi connectivity index (χ4v) is 2.76. The van der Waals surface area contributed by atoms with E-state index in [1.54, 1.807) is 7.05 Å². The van der Waals surface area contributed by atoms with E-state index < -0.39 is 17.6 Å². The molecule has 1 aromatic carbocycles. The number of anilines is 2. The van der Waals surface area contributed by atoms with Crippen molar-refractivity contribution in [1.29, 1.82) is 0 Å². The highest BCUT2D eigenvalue weighted by molar-refractivity contribution is 6.31. The van der Waals surface area contributed by atoms with Gasteiger partial charge in [-0.3, -0.25) is 9.78 Å². The first kappa shape index (κ1) is 22.0. The van der Waals surface area contributed by atoms with E-state index in [0.717, 1.165) is 25.1 Å². The Hall–Kier alpha value is -2.32. The standard InChI is InChI=1S/C19H22ClF3N4O/c1-26(2)9-4-10-27(3)17-6-5-13(19(21,22)23)11-15(17)25-18(28)16-12-14(20)7-8-24-16/h5-8,11-12H,4,9-10H2,1-3H3,(H,25,28). The maximum absolute atomic E-state index is 13.1. The molecule has 0 aliphatic carbocycles.